The fourth-order valence-corrected chi connectivity index (χ4v) is 4.77. The summed E-state index contributed by atoms with van der Waals surface area (Å²) in [6.07, 6.45) is -0.0924. The molecular formula is C24H20ClFN4O5S. The second kappa shape index (κ2) is 10.3. The third kappa shape index (κ3) is 5.02. The summed E-state index contributed by atoms with van der Waals surface area (Å²) in [7, 11) is 2.78. The number of methoxy groups -OCH3 is 1. The number of aromatic nitrogens is 2. The lowest BCUT2D eigenvalue weighted by atomic mass is 10.1. The number of amides is 1. The van der Waals surface area contributed by atoms with Gasteiger partial charge in [0.25, 0.3) is 11.5 Å². The Labute approximate surface area is 212 Å². The van der Waals surface area contributed by atoms with E-state index in [1.807, 2.05) is 0 Å². The number of thiophene rings is 1. The van der Waals surface area contributed by atoms with E-state index in [9.17, 15) is 23.6 Å². The number of nitrogens with zero attached hydrogens (tertiary/aromatic N) is 1. The molecule has 0 aliphatic heterocycles. The van der Waals surface area contributed by atoms with Crippen LogP contribution in [-0.2, 0) is 9.53 Å². The van der Waals surface area contributed by atoms with Crippen LogP contribution in [0.15, 0.2) is 58.1 Å². The minimum atomic E-state index is -0.717. The first-order valence-electron chi connectivity index (χ1n) is 10.6. The largest absolute Gasteiger partial charge is 0.469 e. The van der Waals surface area contributed by atoms with Gasteiger partial charge in [-0.05, 0) is 48.5 Å². The Morgan fingerprint density at radius 1 is 1.17 bits per heavy atom. The van der Waals surface area contributed by atoms with Crippen molar-refractivity contribution in [1.82, 2.24) is 14.9 Å². The van der Waals surface area contributed by atoms with Gasteiger partial charge in [-0.3, -0.25) is 14.4 Å². The average molecular weight is 531 g/mol. The SMILES string of the molecule is CNc1cc2[nH]c(=O)n(-c3ccc(C(=O)NC(CC(=O)OC)c4ccc(Cl)s4)cc3)c(=O)c2cc1F. The van der Waals surface area contributed by atoms with Gasteiger partial charge in [0.1, 0.15) is 5.82 Å². The summed E-state index contributed by atoms with van der Waals surface area (Å²) in [4.78, 5) is 53.6. The molecule has 12 heteroatoms. The molecule has 1 unspecified atom stereocenters. The van der Waals surface area contributed by atoms with E-state index in [1.165, 1.54) is 55.8 Å². The number of ether oxygens (including phenoxy) is 1. The maximum absolute atomic E-state index is 14.2. The predicted octanol–water partition coefficient (Wildman–Crippen LogP) is 3.61. The number of carbonyl (C=O) groups excluding carboxylic acids is 2. The smallest absolute Gasteiger partial charge is 0.333 e. The Kier molecular flexibility index (Phi) is 7.22. The molecule has 0 spiro atoms. The fourth-order valence-electron chi connectivity index (χ4n) is 3.66. The number of esters is 1. The van der Waals surface area contributed by atoms with Gasteiger partial charge in [-0.15, -0.1) is 11.3 Å². The number of fused-ring (bicyclic) bond motifs is 1. The number of carbonyl (C=O) groups is 2. The summed E-state index contributed by atoms with van der Waals surface area (Å²) in [6.45, 7) is 0. The van der Waals surface area contributed by atoms with Crippen LogP contribution in [0.3, 0.4) is 0 Å². The zero-order valence-electron chi connectivity index (χ0n) is 19.1. The average Bonchev–Trinajstić information content (AvgIpc) is 3.30. The topological polar surface area (TPSA) is 122 Å². The predicted molar refractivity (Wildman–Crippen MR) is 136 cm³/mol. The highest BCUT2D eigenvalue weighted by atomic mass is 35.5. The molecule has 0 bridgehead atoms. The maximum Gasteiger partial charge on any atom is 0.333 e. The fraction of sp³-hybridized carbons (Fsp3) is 0.167. The number of rotatable bonds is 7. The molecule has 0 aliphatic carbocycles. The van der Waals surface area contributed by atoms with Gasteiger partial charge in [-0.2, -0.15) is 0 Å². The lowest BCUT2D eigenvalue weighted by Gasteiger charge is -2.16. The van der Waals surface area contributed by atoms with E-state index < -0.39 is 35.0 Å². The highest BCUT2D eigenvalue weighted by molar-refractivity contribution is 7.16. The normalized spacial score (nSPS) is 11.8. The van der Waals surface area contributed by atoms with Crippen molar-refractivity contribution in [2.75, 3.05) is 19.5 Å². The van der Waals surface area contributed by atoms with Crippen molar-refractivity contribution < 1.29 is 18.7 Å². The van der Waals surface area contributed by atoms with Gasteiger partial charge in [0.15, 0.2) is 0 Å². The van der Waals surface area contributed by atoms with Gasteiger partial charge in [-0.25, -0.2) is 13.8 Å². The summed E-state index contributed by atoms with van der Waals surface area (Å²) in [5.74, 6) is -1.63. The first-order chi connectivity index (χ1) is 17.2. The molecule has 3 N–H and O–H groups in total. The van der Waals surface area contributed by atoms with E-state index >= 15 is 0 Å². The van der Waals surface area contributed by atoms with Crippen LogP contribution in [0.1, 0.15) is 27.7 Å². The Balaban J connectivity index is 1.63. The van der Waals surface area contributed by atoms with Crippen LogP contribution in [0.4, 0.5) is 10.1 Å². The highest BCUT2D eigenvalue weighted by Crippen LogP contribution is 2.29. The summed E-state index contributed by atoms with van der Waals surface area (Å²) in [5.41, 5.74) is -0.680. The first-order valence-corrected chi connectivity index (χ1v) is 11.8. The molecule has 0 fully saturated rings. The number of H-pyrrole nitrogens is 1. The molecule has 0 saturated heterocycles. The molecule has 9 nitrogen and oxygen atoms in total. The second-order valence-corrected chi connectivity index (χ2v) is 9.44. The van der Waals surface area contributed by atoms with Gasteiger partial charge in [0, 0.05) is 17.5 Å². The van der Waals surface area contributed by atoms with Gasteiger partial charge in [0.2, 0.25) is 0 Å². The van der Waals surface area contributed by atoms with Gasteiger partial charge < -0.3 is 20.4 Å². The van der Waals surface area contributed by atoms with E-state index in [4.69, 9.17) is 16.3 Å². The van der Waals surface area contributed by atoms with E-state index in [0.29, 0.717) is 9.21 Å². The van der Waals surface area contributed by atoms with Crippen molar-refractivity contribution in [3.8, 4) is 5.69 Å². The van der Waals surface area contributed by atoms with Crippen LogP contribution < -0.4 is 21.9 Å². The highest BCUT2D eigenvalue weighted by Gasteiger charge is 2.22. The summed E-state index contributed by atoms with van der Waals surface area (Å²) < 4.78 is 20.3. The van der Waals surface area contributed by atoms with Gasteiger partial charge in [0.05, 0.1) is 46.2 Å². The third-order valence-electron chi connectivity index (χ3n) is 5.48. The zero-order chi connectivity index (χ0) is 26.0. The molecule has 0 aliphatic rings. The van der Waals surface area contributed by atoms with E-state index in [1.54, 1.807) is 12.1 Å². The lowest BCUT2D eigenvalue weighted by molar-refractivity contribution is -0.141. The molecule has 2 aromatic heterocycles. The Morgan fingerprint density at radius 2 is 1.89 bits per heavy atom. The van der Waals surface area contributed by atoms with E-state index in [-0.39, 0.29) is 34.3 Å². The first kappa shape index (κ1) is 25.1. The molecule has 1 atom stereocenters. The minimum Gasteiger partial charge on any atom is -0.469 e. The van der Waals surface area contributed by atoms with Crippen molar-refractivity contribution in [1.29, 1.82) is 0 Å². The van der Waals surface area contributed by atoms with Crippen LogP contribution in [0, 0.1) is 5.82 Å². The number of hydrogen-bond acceptors (Lipinski definition) is 7. The molecule has 1 amide bonds. The molecule has 2 aromatic carbocycles. The van der Waals surface area contributed by atoms with Crippen molar-refractivity contribution in [3.63, 3.8) is 0 Å². The Bertz CT molecular complexity index is 1580. The van der Waals surface area contributed by atoms with Crippen molar-refractivity contribution in [2.45, 2.75) is 12.5 Å². The minimum absolute atomic E-state index is 0.00631. The Morgan fingerprint density at radius 3 is 2.50 bits per heavy atom. The van der Waals surface area contributed by atoms with E-state index in [2.05, 4.69) is 15.6 Å². The second-order valence-electron chi connectivity index (χ2n) is 7.69. The monoisotopic (exact) mass is 530 g/mol. The molecule has 0 radical (unpaired) electrons. The van der Waals surface area contributed by atoms with Crippen LogP contribution >= 0.6 is 22.9 Å². The summed E-state index contributed by atoms with van der Waals surface area (Å²) in [5, 5.41) is 5.43. The van der Waals surface area contributed by atoms with E-state index in [0.717, 1.165) is 10.6 Å². The molecule has 36 heavy (non-hydrogen) atoms. The van der Waals surface area contributed by atoms with Crippen LogP contribution in [0.2, 0.25) is 4.34 Å². The van der Waals surface area contributed by atoms with Crippen molar-refractivity contribution >= 4 is 51.4 Å². The van der Waals surface area contributed by atoms with Crippen LogP contribution in [0.25, 0.3) is 16.6 Å². The molecule has 0 saturated carbocycles. The van der Waals surface area contributed by atoms with Crippen LogP contribution in [-0.4, -0.2) is 35.6 Å². The lowest BCUT2D eigenvalue weighted by Crippen LogP contribution is -2.34. The quantitative estimate of drug-likeness (QED) is 0.314. The Hall–Kier alpha value is -3.96. The number of aromatic amines is 1. The molecule has 2 heterocycles. The number of benzene rings is 2. The number of anilines is 1. The number of halogens is 2. The summed E-state index contributed by atoms with van der Waals surface area (Å²) in [6, 6.07) is 10.8. The zero-order valence-corrected chi connectivity index (χ0v) is 20.6. The maximum atomic E-state index is 14.2. The number of nitrogens with one attached hydrogen (secondary N) is 3. The van der Waals surface area contributed by atoms with Gasteiger partial charge in [-0.1, -0.05) is 11.6 Å². The standard InChI is InChI=1S/C24H20ClFN4O5S/c1-27-17-10-16-14(9-15(17)26)23(33)30(24(34)29-16)13-5-3-12(4-6-13)22(32)28-18(11-21(31)35-2)19-7-8-20(25)36-19/h3-10,18,27H,11H2,1-2H3,(H,28,32)(H,29,34). The molecule has 186 valence electrons. The molecular weight excluding hydrogens is 511 g/mol. The van der Waals surface area contributed by atoms with Gasteiger partial charge >= 0.3 is 11.7 Å². The number of hydrogen-bond donors (Lipinski definition) is 3. The van der Waals surface area contributed by atoms with Crippen molar-refractivity contribution in [2.24, 2.45) is 0 Å². The third-order valence-corrected chi connectivity index (χ3v) is 6.83. The molecule has 4 rings (SSSR count). The van der Waals surface area contributed by atoms with Crippen molar-refractivity contribution in [3.05, 3.63) is 90.0 Å². The molecule has 4 aromatic rings. The summed E-state index contributed by atoms with van der Waals surface area (Å²) >= 11 is 7.23. The van der Waals surface area contributed by atoms with Crippen LogP contribution in [0.5, 0.6) is 0 Å².